The molecule has 0 unspecified atom stereocenters. The highest BCUT2D eigenvalue weighted by Crippen LogP contribution is 2.28. The summed E-state index contributed by atoms with van der Waals surface area (Å²) in [5, 5.41) is 0. The van der Waals surface area contributed by atoms with Gasteiger partial charge in [-0.1, -0.05) is 24.4 Å². The molecule has 3 nitrogen and oxygen atoms in total. The average Bonchev–Trinajstić information content (AvgIpc) is 2.37. The third kappa shape index (κ3) is 2.56. The molecule has 2 aromatic rings. The fraction of sp³-hybridized carbons (Fsp3) is 0.143. The van der Waals surface area contributed by atoms with Crippen molar-refractivity contribution in [1.29, 1.82) is 0 Å². The number of benzene rings is 1. The minimum absolute atomic E-state index is 0.254. The number of halogens is 1. The zero-order valence-corrected chi connectivity index (χ0v) is 11.5. The van der Waals surface area contributed by atoms with Crippen LogP contribution in [0.2, 0.25) is 0 Å². The molecule has 0 aliphatic heterocycles. The molecule has 0 amide bonds. The smallest absolute Gasteiger partial charge is 0.146 e. The minimum atomic E-state index is -0.317. The van der Waals surface area contributed by atoms with Crippen LogP contribution < -0.4 is 10.6 Å². The Balaban J connectivity index is 2.57. The Morgan fingerprint density at radius 2 is 2.00 bits per heavy atom. The molecule has 1 aromatic carbocycles. The van der Waals surface area contributed by atoms with Crippen LogP contribution in [-0.2, 0) is 0 Å². The molecule has 0 atom stereocenters. The van der Waals surface area contributed by atoms with Crippen LogP contribution in [-0.4, -0.2) is 17.0 Å². The molecule has 0 aliphatic rings. The summed E-state index contributed by atoms with van der Waals surface area (Å²) in [6, 6.07) is 8.33. The van der Waals surface area contributed by atoms with Gasteiger partial charge in [0.1, 0.15) is 16.6 Å². The molecule has 0 aliphatic carbocycles. The second-order valence-corrected chi connectivity index (χ2v) is 4.64. The fourth-order valence-corrected chi connectivity index (χ4v) is 2.19. The third-order valence-electron chi connectivity index (χ3n) is 2.92. The van der Waals surface area contributed by atoms with Crippen molar-refractivity contribution < 1.29 is 4.39 Å². The van der Waals surface area contributed by atoms with Crippen molar-refractivity contribution in [3.63, 3.8) is 0 Å². The maximum atomic E-state index is 13.8. The lowest BCUT2D eigenvalue weighted by Crippen LogP contribution is -2.21. The summed E-state index contributed by atoms with van der Waals surface area (Å²) in [4.78, 5) is 6.17. The quantitative estimate of drug-likeness (QED) is 0.875. The maximum absolute atomic E-state index is 13.8. The van der Waals surface area contributed by atoms with Crippen molar-refractivity contribution in [2.24, 2.45) is 5.73 Å². The number of rotatable bonds is 3. The summed E-state index contributed by atoms with van der Waals surface area (Å²) in [5.74, 6) is 0.236. The maximum Gasteiger partial charge on any atom is 0.146 e. The molecular weight excluding hydrogens is 261 g/mol. The molecule has 19 heavy (non-hydrogen) atoms. The Morgan fingerprint density at radius 1 is 1.32 bits per heavy atom. The number of pyridine rings is 1. The minimum Gasteiger partial charge on any atom is -0.389 e. The van der Waals surface area contributed by atoms with E-state index in [0.717, 1.165) is 5.56 Å². The fourth-order valence-electron chi connectivity index (χ4n) is 1.94. The van der Waals surface area contributed by atoms with Gasteiger partial charge in [-0.3, -0.25) is 0 Å². The summed E-state index contributed by atoms with van der Waals surface area (Å²) >= 11 is 5.06. The Hall–Kier alpha value is -2.01. The number of anilines is 2. The van der Waals surface area contributed by atoms with Gasteiger partial charge in [0.05, 0.1) is 11.3 Å². The van der Waals surface area contributed by atoms with Gasteiger partial charge in [0.25, 0.3) is 0 Å². The van der Waals surface area contributed by atoms with E-state index in [1.54, 1.807) is 36.3 Å². The van der Waals surface area contributed by atoms with E-state index in [1.807, 2.05) is 13.0 Å². The first-order valence-corrected chi connectivity index (χ1v) is 6.17. The predicted octanol–water partition coefficient (Wildman–Crippen LogP) is 2.93. The zero-order valence-electron chi connectivity index (χ0n) is 10.7. The zero-order chi connectivity index (χ0) is 14.0. The van der Waals surface area contributed by atoms with E-state index < -0.39 is 0 Å². The first-order valence-electron chi connectivity index (χ1n) is 5.76. The van der Waals surface area contributed by atoms with Crippen molar-refractivity contribution in [3.05, 3.63) is 53.5 Å². The normalized spacial score (nSPS) is 10.3. The molecular formula is C14H14FN3S. The predicted molar refractivity (Wildman–Crippen MR) is 79.3 cm³/mol. The molecule has 2 N–H and O–H groups in total. The number of nitrogens with zero attached hydrogens (tertiary/aromatic N) is 2. The topological polar surface area (TPSA) is 42.2 Å². The summed E-state index contributed by atoms with van der Waals surface area (Å²) < 4.78 is 13.8. The first-order chi connectivity index (χ1) is 9.02. The van der Waals surface area contributed by atoms with Crippen LogP contribution in [0.3, 0.4) is 0 Å². The molecule has 0 spiro atoms. The molecule has 0 fully saturated rings. The Kier molecular flexibility index (Phi) is 3.76. The molecule has 0 saturated carbocycles. The summed E-state index contributed by atoms with van der Waals surface area (Å²) in [6.07, 6.45) is 1.66. The van der Waals surface area contributed by atoms with E-state index in [2.05, 4.69) is 4.98 Å². The monoisotopic (exact) mass is 275 g/mol. The number of aryl methyl sites for hydroxylation is 1. The van der Waals surface area contributed by atoms with Crippen LogP contribution in [0.15, 0.2) is 36.5 Å². The number of para-hydroxylation sites is 1. The molecule has 2 rings (SSSR count). The molecule has 5 heteroatoms. The molecule has 0 bridgehead atoms. The van der Waals surface area contributed by atoms with Gasteiger partial charge in [0, 0.05) is 13.2 Å². The molecule has 1 heterocycles. The van der Waals surface area contributed by atoms with Gasteiger partial charge in [-0.25, -0.2) is 9.37 Å². The van der Waals surface area contributed by atoms with E-state index >= 15 is 0 Å². The van der Waals surface area contributed by atoms with Crippen molar-refractivity contribution in [2.75, 3.05) is 11.9 Å². The molecule has 0 radical (unpaired) electrons. The van der Waals surface area contributed by atoms with Gasteiger partial charge in [-0.2, -0.15) is 0 Å². The van der Waals surface area contributed by atoms with Crippen LogP contribution >= 0.6 is 12.2 Å². The highest BCUT2D eigenvalue weighted by atomic mass is 32.1. The lowest BCUT2D eigenvalue weighted by atomic mass is 10.1. The standard InChI is InChI=1S/C14H14FN3S/c1-9-7-8-17-14(12(9)13(16)19)18(2)11-6-4-3-5-10(11)15/h3-8H,1-2H3,(H2,16,19). The van der Waals surface area contributed by atoms with Gasteiger partial charge >= 0.3 is 0 Å². The van der Waals surface area contributed by atoms with Crippen molar-refractivity contribution >= 4 is 28.7 Å². The van der Waals surface area contributed by atoms with Gasteiger partial charge in [0.15, 0.2) is 0 Å². The van der Waals surface area contributed by atoms with Gasteiger partial charge < -0.3 is 10.6 Å². The van der Waals surface area contributed by atoms with Gasteiger partial charge in [-0.15, -0.1) is 0 Å². The van der Waals surface area contributed by atoms with Crippen LogP contribution in [0, 0.1) is 12.7 Å². The first kappa shape index (κ1) is 13.4. The highest BCUT2D eigenvalue weighted by molar-refractivity contribution is 7.80. The summed E-state index contributed by atoms with van der Waals surface area (Å²) in [5.41, 5.74) is 7.76. The summed E-state index contributed by atoms with van der Waals surface area (Å²) in [6.45, 7) is 1.90. The average molecular weight is 275 g/mol. The Labute approximate surface area is 116 Å². The van der Waals surface area contributed by atoms with E-state index in [9.17, 15) is 4.39 Å². The van der Waals surface area contributed by atoms with Crippen LogP contribution in [0.5, 0.6) is 0 Å². The number of aromatic nitrogens is 1. The Bertz CT molecular complexity index is 628. The number of hydrogen-bond acceptors (Lipinski definition) is 3. The van der Waals surface area contributed by atoms with Crippen molar-refractivity contribution in [2.45, 2.75) is 6.92 Å². The van der Waals surface area contributed by atoms with Crippen LogP contribution in [0.1, 0.15) is 11.1 Å². The number of hydrogen-bond donors (Lipinski definition) is 1. The van der Waals surface area contributed by atoms with E-state index in [1.165, 1.54) is 6.07 Å². The summed E-state index contributed by atoms with van der Waals surface area (Å²) in [7, 11) is 1.74. The third-order valence-corrected chi connectivity index (χ3v) is 3.12. The second-order valence-electron chi connectivity index (χ2n) is 4.20. The van der Waals surface area contributed by atoms with E-state index in [4.69, 9.17) is 18.0 Å². The lowest BCUT2D eigenvalue weighted by molar-refractivity contribution is 0.627. The Morgan fingerprint density at radius 3 is 2.63 bits per heavy atom. The lowest BCUT2D eigenvalue weighted by Gasteiger charge is -2.22. The molecule has 1 aromatic heterocycles. The van der Waals surface area contributed by atoms with E-state index in [-0.39, 0.29) is 10.8 Å². The SMILES string of the molecule is Cc1ccnc(N(C)c2ccccc2F)c1C(N)=S. The van der Waals surface area contributed by atoms with Gasteiger partial charge in [-0.05, 0) is 30.7 Å². The van der Waals surface area contributed by atoms with E-state index in [0.29, 0.717) is 17.1 Å². The number of thiocarbonyl (C=S) groups is 1. The number of nitrogens with two attached hydrogens (primary N) is 1. The largest absolute Gasteiger partial charge is 0.389 e. The van der Waals surface area contributed by atoms with Crippen molar-refractivity contribution in [1.82, 2.24) is 4.98 Å². The van der Waals surface area contributed by atoms with Crippen LogP contribution in [0.25, 0.3) is 0 Å². The molecule has 0 saturated heterocycles. The highest BCUT2D eigenvalue weighted by Gasteiger charge is 2.16. The van der Waals surface area contributed by atoms with Crippen LogP contribution in [0.4, 0.5) is 15.9 Å². The van der Waals surface area contributed by atoms with Gasteiger partial charge in [0.2, 0.25) is 0 Å². The second kappa shape index (κ2) is 5.32. The molecule has 98 valence electrons. The van der Waals surface area contributed by atoms with Crippen molar-refractivity contribution in [3.8, 4) is 0 Å².